The van der Waals surface area contributed by atoms with Crippen LogP contribution in [0.1, 0.15) is 40.7 Å². The molecule has 0 aromatic heterocycles. The molecule has 3 rings (SSSR count). The Labute approximate surface area is 124 Å². The highest BCUT2D eigenvalue weighted by atomic mass is 35.5. The average Bonchev–Trinajstić information content (AvgIpc) is 3.12. The highest BCUT2D eigenvalue weighted by molar-refractivity contribution is 6.18. The molecule has 1 amide bonds. The lowest BCUT2D eigenvalue weighted by Gasteiger charge is -2.17. The largest absolute Gasteiger partial charge is 0.372 e. The zero-order valence-corrected chi connectivity index (χ0v) is 12.3. The third-order valence-corrected chi connectivity index (χ3v) is 4.92. The maximum Gasteiger partial charge on any atom is 0.251 e. The molecule has 1 aliphatic carbocycles. The number of halogens is 1. The lowest BCUT2D eigenvalue weighted by molar-refractivity contribution is 0.0944. The van der Waals surface area contributed by atoms with Crippen molar-refractivity contribution < 1.29 is 9.53 Å². The van der Waals surface area contributed by atoms with Gasteiger partial charge in [0.05, 0.1) is 13.2 Å². The number of alkyl halides is 1. The van der Waals surface area contributed by atoms with Crippen LogP contribution in [0.25, 0.3) is 0 Å². The van der Waals surface area contributed by atoms with Crippen molar-refractivity contribution in [2.45, 2.75) is 32.5 Å². The van der Waals surface area contributed by atoms with Gasteiger partial charge in [0.15, 0.2) is 0 Å². The van der Waals surface area contributed by atoms with Gasteiger partial charge >= 0.3 is 0 Å². The zero-order valence-electron chi connectivity index (χ0n) is 11.5. The molecule has 1 heterocycles. The summed E-state index contributed by atoms with van der Waals surface area (Å²) in [5.41, 5.74) is 3.06. The van der Waals surface area contributed by atoms with Gasteiger partial charge < -0.3 is 10.1 Å². The zero-order chi connectivity index (χ0) is 13.9. The molecule has 20 heavy (non-hydrogen) atoms. The Morgan fingerprint density at radius 3 is 2.90 bits per heavy atom. The van der Waals surface area contributed by atoms with Crippen molar-refractivity contribution in [2.24, 2.45) is 11.8 Å². The number of hydrogen-bond donors (Lipinski definition) is 1. The van der Waals surface area contributed by atoms with Gasteiger partial charge in [-0.2, -0.15) is 0 Å². The molecule has 1 fully saturated rings. The van der Waals surface area contributed by atoms with Gasteiger partial charge in [-0.3, -0.25) is 4.79 Å². The van der Waals surface area contributed by atoms with E-state index in [2.05, 4.69) is 5.32 Å². The second kappa shape index (κ2) is 6.15. The van der Waals surface area contributed by atoms with Gasteiger partial charge in [0, 0.05) is 18.0 Å². The lowest BCUT2D eigenvalue weighted by Crippen LogP contribution is -2.31. The Morgan fingerprint density at radius 2 is 2.05 bits per heavy atom. The van der Waals surface area contributed by atoms with Gasteiger partial charge in [-0.05, 0) is 47.9 Å². The maximum absolute atomic E-state index is 12.2. The minimum absolute atomic E-state index is 0.0138. The van der Waals surface area contributed by atoms with Crippen LogP contribution < -0.4 is 5.32 Å². The number of fused-ring (bicyclic) bond motifs is 1. The van der Waals surface area contributed by atoms with Crippen LogP contribution in [0, 0.1) is 11.8 Å². The van der Waals surface area contributed by atoms with Crippen molar-refractivity contribution in [2.75, 3.05) is 12.4 Å². The Balaban J connectivity index is 1.59. The monoisotopic (exact) mass is 293 g/mol. The van der Waals surface area contributed by atoms with Crippen LogP contribution in [0.3, 0.4) is 0 Å². The predicted octanol–water partition coefficient (Wildman–Crippen LogP) is 3.10. The fourth-order valence-corrected chi connectivity index (χ4v) is 3.63. The van der Waals surface area contributed by atoms with Crippen LogP contribution in [-0.2, 0) is 18.0 Å². The Morgan fingerprint density at radius 1 is 1.25 bits per heavy atom. The van der Waals surface area contributed by atoms with Crippen LogP contribution in [0.15, 0.2) is 18.2 Å². The van der Waals surface area contributed by atoms with Gasteiger partial charge in [0.2, 0.25) is 0 Å². The molecule has 2 unspecified atom stereocenters. The van der Waals surface area contributed by atoms with Crippen molar-refractivity contribution in [3.8, 4) is 0 Å². The normalized spacial score (nSPS) is 24.6. The van der Waals surface area contributed by atoms with Gasteiger partial charge in [0.1, 0.15) is 0 Å². The topological polar surface area (TPSA) is 38.3 Å². The molecule has 0 bridgehead atoms. The molecule has 1 saturated carbocycles. The smallest absolute Gasteiger partial charge is 0.251 e. The molecule has 1 aromatic rings. The first-order valence-corrected chi connectivity index (χ1v) is 7.85. The minimum atomic E-state index is 0.0138. The standard InChI is InChI=1S/C16H20ClNO2/c17-7-12-2-1-3-13(12)8-18-16(19)11-4-5-14-9-20-10-15(14)6-11/h4-6,12-13H,1-3,7-10H2,(H,18,19). The summed E-state index contributed by atoms with van der Waals surface area (Å²) in [6.07, 6.45) is 3.60. The van der Waals surface area contributed by atoms with Gasteiger partial charge in [-0.25, -0.2) is 0 Å². The number of nitrogens with one attached hydrogen (secondary N) is 1. The molecule has 0 spiro atoms. The Bertz CT molecular complexity index is 503. The SMILES string of the molecule is O=C(NCC1CCCC1CCl)c1ccc2c(c1)COC2. The molecule has 2 aliphatic rings. The van der Waals surface area contributed by atoms with E-state index in [0.29, 0.717) is 30.9 Å². The number of ether oxygens (including phenoxy) is 1. The number of hydrogen-bond acceptors (Lipinski definition) is 2. The quantitative estimate of drug-likeness (QED) is 0.866. The summed E-state index contributed by atoms with van der Waals surface area (Å²) in [4.78, 5) is 12.2. The molecular formula is C16H20ClNO2. The molecule has 2 atom stereocenters. The third kappa shape index (κ3) is 2.84. The van der Waals surface area contributed by atoms with E-state index >= 15 is 0 Å². The van der Waals surface area contributed by atoms with Crippen LogP contribution in [-0.4, -0.2) is 18.3 Å². The molecular weight excluding hydrogens is 274 g/mol. The van der Waals surface area contributed by atoms with E-state index in [-0.39, 0.29) is 5.91 Å². The number of carbonyl (C=O) groups excluding carboxylic acids is 1. The molecule has 1 aliphatic heterocycles. The van der Waals surface area contributed by atoms with Gasteiger partial charge in [0.25, 0.3) is 5.91 Å². The van der Waals surface area contributed by atoms with E-state index in [9.17, 15) is 4.79 Å². The summed E-state index contributed by atoms with van der Waals surface area (Å²) in [5.74, 6) is 1.82. The second-order valence-electron chi connectivity index (χ2n) is 5.79. The number of rotatable bonds is 4. The molecule has 4 heteroatoms. The van der Waals surface area contributed by atoms with E-state index < -0.39 is 0 Å². The number of benzene rings is 1. The summed E-state index contributed by atoms with van der Waals surface area (Å²) in [6, 6.07) is 5.83. The van der Waals surface area contributed by atoms with Crippen molar-refractivity contribution in [1.82, 2.24) is 5.32 Å². The Kier molecular flexibility index (Phi) is 4.27. The van der Waals surface area contributed by atoms with Crippen molar-refractivity contribution in [1.29, 1.82) is 0 Å². The molecule has 0 radical (unpaired) electrons. The van der Waals surface area contributed by atoms with Crippen molar-refractivity contribution in [3.05, 3.63) is 34.9 Å². The van der Waals surface area contributed by atoms with Crippen molar-refractivity contribution in [3.63, 3.8) is 0 Å². The van der Waals surface area contributed by atoms with Crippen LogP contribution in [0.5, 0.6) is 0 Å². The van der Waals surface area contributed by atoms with Crippen molar-refractivity contribution >= 4 is 17.5 Å². The predicted molar refractivity (Wildman–Crippen MR) is 78.8 cm³/mol. The summed E-state index contributed by atoms with van der Waals surface area (Å²) in [6.45, 7) is 2.02. The minimum Gasteiger partial charge on any atom is -0.372 e. The van der Waals surface area contributed by atoms with E-state index in [4.69, 9.17) is 16.3 Å². The fourth-order valence-electron chi connectivity index (χ4n) is 3.22. The lowest BCUT2D eigenvalue weighted by atomic mass is 9.98. The number of amides is 1. The molecule has 1 aromatic carbocycles. The molecule has 1 N–H and O–H groups in total. The van der Waals surface area contributed by atoms with Crippen LogP contribution in [0.2, 0.25) is 0 Å². The third-order valence-electron chi connectivity index (χ3n) is 4.52. The first kappa shape index (κ1) is 13.9. The highest BCUT2D eigenvalue weighted by Crippen LogP contribution is 2.32. The van der Waals surface area contributed by atoms with Gasteiger partial charge in [-0.15, -0.1) is 11.6 Å². The van der Waals surface area contributed by atoms with E-state index in [1.165, 1.54) is 24.8 Å². The first-order valence-electron chi connectivity index (χ1n) is 7.31. The van der Waals surface area contributed by atoms with Gasteiger partial charge in [-0.1, -0.05) is 12.5 Å². The van der Waals surface area contributed by atoms with E-state index in [0.717, 1.165) is 17.7 Å². The Hall–Kier alpha value is -1.06. The molecule has 3 nitrogen and oxygen atoms in total. The fraction of sp³-hybridized carbons (Fsp3) is 0.562. The average molecular weight is 294 g/mol. The van der Waals surface area contributed by atoms with E-state index in [1.807, 2.05) is 18.2 Å². The summed E-state index contributed by atoms with van der Waals surface area (Å²) < 4.78 is 5.37. The summed E-state index contributed by atoms with van der Waals surface area (Å²) in [7, 11) is 0. The second-order valence-corrected chi connectivity index (χ2v) is 6.10. The molecule has 108 valence electrons. The summed E-state index contributed by atoms with van der Waals surface area (Å²) in [5, 5.41) is 3.06. The summed E-state index contributed by atoms with van der Waals surface area (Å²) >= 11 is 5.97. The molecule has 0 saturated heterocycles. The first-order chi connectivity index (χ1) is 9.78. The number of carbonyl (C=O) groups is 1. The van der Waals surface area contributed by atoms with E-state index in [1.54, 1.807) is 0 Å². The maximum atomic E-state index is 12.2. The van der Waals surface area contributed by atoms with Crippen LogP contribution in [0.4, 0.5) is 0 Å². The van der Waals surface area contributed by atoms with Crippen LogP contribution >= 0.6 is 11.6 Å². The highest BCUT2D eigenvalue weighted by Gasteiger charge is 2.26.